The number of hydrogen-bond acceptors (Lipinski definition) is 8. The van der Waals surface area contributed by atoms with Gasteiger partial charge in [-0.1, -0.05) is 43.1 Å². The summed E-state index contributed by atoms with van der Waals surface area (Å²) < 4.78 is 14.9. The molecule has 2 aromatic heterocycles. The normalized spacial score (nSPS) is 14.8. The molecule has 5 N–H and O–H groups in total. The second-order valence-corrected chi connectivity index (χ2v) is 10.6. The minimum Gasteiger partial charge on any atom is -0.398 e. The van der Waals surface area contributed by atoms with Crippen molar-refractivity contribution in [2.75, 3.05) is 23.7 Å². The standard InChI is InChI=1S/C25H27Cl2FN6.C3H5NS/c1-3-25(31)12-34(13-25)24-20(28)8-16(9-33-24)23(30)17-7-15(4-5-21(17)29)6-14(2)22-18(26)10-32-11-19(22)27;1-4-2-3-5/h4-5,7-11,14,30H,3,6,12-13,29,31H2,1-2H3;2-3,5H,1H2/b;3-2-/t14-;/m0./s1. The van der Waals surface area contributed by atoms with E-state index in [1.54, 1.807) is 18.5 Å². The van der Waals surface area contributed by atoms with Crippen LogP contribution in [0, 0.1) is 11.2 Å². The fourth-order valence-electron chi connectivity index (χ4n) is 4.38. The number of anilines is 2. The van der Waals surface area contributed by atoms with Gasteiger partial charge in [-0.3, -0.25) is 15.4 Å². The van der Waals surface area contributed by atoms with E-state index in [2.05, 4.69) is 34.3 Å². The molecule has 0 bridgehead atoms. The molecule has 1 fully saturated rings. The first-order chi connectivity index (χ1) is 18.5. The molecule has 1 atom stereocenters. The third-order valence-corrected chi connectivity index (χ3v) is 7.35. The van der Waals surface area contributed by atoms with Gasteiger partial charge in [-0.2, -0.15) is 0 Å². The third-order valence-electron chi connectivity index (χ3n) is 6.61. The number of thiol groups is 1. The lowest BCUT2D eigenvalue weighted by Gasteiger charge is -2.48. The second-order valence-electron chi connectivity index (χ2n) is 9.50. The molecule has 39 heavy (non-hydrogen) atoms. The predicted molar refractivity (Wildman–Crippen MR) is 164 cm³/mol. The molecule has 1 saturated heterocycles. The molecule has 0 amide bonds. The van der Waals surface area contributed by atoms with Crippen LogP contribution in [0.2, 0.25) is 10.0 Å². The molecule has 1 aliphatic rings. The predicted octanol–water partition coefficient (Wildman–Crippen LogP) is 6.28. The zero-order valence-corrected chi connectivity index (χ0v) is 24.2. The fourth-order valence-corrected chi connectivity index (χ4v) is 5.22. The lowest BCUT2D eigenvalue weighted by atomic mass is 9.88. The van der Waals surface area contributed by atoms with Crippen LogP contribution in [0.4, 0.5) is 15.9 Å². The molecule has 1 aromatic carbocycles. The number of rotatable bonds is 8. The van der Waals surface area contributed by atoms with Crippen LogP contribution >= 0.6 is 35.8 Å². The quantitative estimate of drug-likeness (QED) is 0.140. The van der Waals surface area contributed by atoms with Crippen LogP contribution in [-0.2, 0) is 6.42 Å². The van der Waals surface area contributed by atoms with E-state index in [4.69, 9.17) is 40.1 Å². The van der Waals surface area contributed by atoms with Crippen molar-refractivity contribution in [1.82, 2.24) is 9.97 Å². The molecule has 0 spiro atoms. The van der Waals surface area contributed by atoms with E-state index in [1.165, 1.54) is 23.9 Å². The van der Waals surface area contributed by atoms with Crippen LogP contribution in [-0.4, -0.2) is 41.0 Å². The van der Waals surface area contributed by atoms with Gasteiger partial charge >= 0.3 is 0 Å². The first-order valence-electron chi connectivity index (χ1n) is 12.2. The maximum absolute atomic E-state index is 14.9. The van der Waals surface area contributed by atoms with E-state index < -0.39 is 5.82 Å². The smallest absolute Gasteiger partial charge is 0.166 e. The van der Waals surface area contributed by atoms with Crippen molar-refractivity contribution in [3.05, 3.63) is 92.6 Å². The molecule has 3 heterocycles. The summed E-state index contributed by atoms with van der Waals surface area (Å²) in [6.45, 7) is 8.33. The number of hydrogen-bond donors (Lipinski definition) is 4. The van der Waals surface area contributed by atoms with E-state index in [-0.39, 0.29) is 23.0 Å². The average molecular weight is 589 g/mol. The summed E-state index contributed by atoms with van der Waals surface area (Å²) in [4.78, 5) is 13.5. The molecule has 0 saturated carbocycles. The second kappa shape index (κ2) is 13.4. The molecule has 0 unspecified atom stereocenters. The number of nitrogens with two attached hydrogens (primary N) is 2. The van der Waals surface area contributed by atoms with Crippen LogP contribution in [0.5, 0.6) is 0 Å². The van der Waals surface area contributed by atoms with E-state index in [0.29, 0.717) is 46.4 Å². The first kappa shape index (κ1) is 30.6. The van der Waals surface area contributed by atoms with Gasteiger partial charge in [0.05, 0.1) is 21.3 Å². The van der Waals surface area contributed by atoms with Gasteiger partial charge in [-0.05, 0) is 60.2 Å². The van der Waals surface area contributed by atoms with E-state index in [9.17, 15) is 4.39 Å². The first-order valence-corrected chi connectivity index (χ1v) is 13.5. The van der Waals surface area contributed by atoms with Crippen LogP contribution in [0.25, 0.3) is 0 Å². The van der Waals surface area contributed by atoms with Crippen molar-refractivity contribution in [1.29, 1.82) is 5.41 Å². The molecular formula is C28H32Cl2FN7S. The zero-order chi connectivity index (χ0) is 28.7. The van der Waals surface area contributed by atoms with Crippen molar-refractivity contribution in [3.63, 3.8) is 0 Å². The molecule has 206 valence electrons. The summed E-state index contributed by atoms with van der Waals surface area (Å²) in [5, 5.41) is 11.2. The summed E-state index contributed by atoms with van der Waals surface area (Å²) in [5.74, 6) is -0.209. The molecule has 7 nitrogen and oxygen atoms in total. The maximum Gasteiger partial charge on any atom is 0.166 e. The number of nitrogen functional groups attached to an aromatic ring is 1. The highest BCUT2D eigenvalue weighted by Crippen LogP contribution is 2.33. The summed E-state index contributed by atoms with van der Waals surface area (Å²) in [7, 11) is 0. The van der Waals surface area contributed by atoms with Gasteiger partial charge in [0.15, 0.2) is 11.6 Å². The highest BCUT2D eigenvalue weighted by atomic mass is 35.5. The largest absolute Gasteiger partial charge is 0.398 e. The van der Waals surface area contributed by atoms with E-state index in [1.807, 2.05) is 30.9 Å². The van der Waals surface area contributed by atoms with Gasteiger partial charge in [-0.15, -0.1) is 12.6 Å². The van der Waals surface area contributed by atoms with Crippen LogP contribution in [0.15, 0.2) is 59.5 Å². The Kier molecular flexibility index (Phi) is 10.5. The number of aromatic nitrogens is 2. The molecule has 0 aliphatic carbocycles. The van der Waals surface area contributed by atoms with Crippen molar-refractivity contribution >= 4 is 59.8 Å². The van der Waals surface area contributed by atoms with Gasteiger partial charge < -0.3 is 16.4 Å². The van der Waals surface area contributed by atoms with Crippen LogP contribution < -0.4 is 16.4 Å². The van der Waals surface area contributed by atoms with Crippen molar-refractivity contribution in [2.24, 2.45) is 10.7 Å². The number of nitrogens with one attached hydrogen (secondary N) is 1. The highest BCUT2D eigenvalue weighted by Gasteiger charge is 2.39. The van der Waals surface area contributed by atoms with Gasteiger partial charge in [0.2, 0.25) is 0 Å². The minimum absolute atomic E-state index is 0.0152. The summed E-state index contributed by atoms with van der Waals surface area (Å²) in [5.41, 5.74) is 15.3. The number of halogens is 3. The van der Waals surface area contributed by atoms with Crippen LogP contribution in [0.3, 0.4) is 0 Å². The molecule has 1 aliphatic heterocycles. The van der Waals surface area contributed by atoms with Crippen molar-refractivity contribution < 1.29 is 4.39 Å². The van der Waals surface area contributed by atoms with Crippen molar-refractivity contribution in [2.45, 2.75) is 38.1 Å². The minimum atomic E-state index is -0.481. The molecule has 4 rings (SSSR count). The summed E-state index contributed by atoms with van der Waals surface area (Å²) in [6.07, 6.45) is 7.61. The molecular weight excluding hydrogens is 556 g/mol. The third kappa shape index (κ3) is 7.36. The van der Waals surface area contributed by atoms with Crippen molar-refractivity contribution in [3.8, 4) is 0 Å². The Morgan fingerprint density at radius 3 is 2.49 bits per heavy atom. The summed E-state index contributed by atoms with van der Waals surface area (Å²) in [6, 6.07) is 6.84. The van der Waals surface area contributed by atoms with E-state index in [0.717, 1.165) is 17.5 Å². The zero-order valence-electron chi connectivity index (χ0n) is 21.8. The van der Waals surface area contributed by atoms with Gasteiger partial charge in [0, 0.05) is 54.7 Å². The number of benzene rings is 1. The fraction of sp³-hybridized carbons (Fsp3) is 0.286. The number of aliphatic imine (C=N–C) groups is 1. The Hall–Kier alpha value is -2.98. The highest BCUT2D eigenvalue weighted by molar-refractivity contribution is 7.83. The van der Waals surface area contributed by atoms with E-state index >= 15 is 0 Å². The van der Waals surface area contributed by atoms with Gasteiger partial charge in [-0.25, -0.2) is 9.37 Å². The Labute approximate surface area is 244 Å². The average Bonchev–Trinajstić information content (AvgIpc) is 2.88. The topological polar surface area (TPSA) is 117 Å². The van der Waals surface area contributed by atoms with Gasteiger partial charge in [0.25, 0.3) is 0 Å². The number of nitrogens with zero attached hydrogens (tertiary/aromatic N) is 4. The SMILES string of the molecule is C=N/C=C\S.CCC1(N)CN(c2ncc(C(=N)c3cc(C[C@H](C)c4c(Cl)cncc4Cl)ccc3N)cc2F)C1. The Bertz CT molecular complexity index is 1360. The summed E-state index contributed by atoms with van der Waals surface area (Å²) >= 11 is 16.3. The Morgan fingerprint density at radius 1 is 1.28 bits per heavy atom. The monoisotopic (exact) mass is 587 g/mol. The molecule has 11 heteroatoms. The lowest BCUT2D eigenvalue weighted by molar-refractivity contribution is 0.317. The Morgan fingerprint density at radius 2 is 1.95 bits per heavy atom. The molecule has 0 radical (unpaired) electrons. The maximum atomic E-state index is 14.9. The molecule has 3 aromatic rings. The van der Waals surface area contributed by atoms with Gasteiger partial charge in [0.1, 0.15) is 0 Å². The number of pyridine rings is 2. The van der Waals surface area contributed by atoms with Crippen LogP contribution in [0.1, 0.15) is 48.4 Å². The lowest BCUT2D eigenvalue weighted by Crippen LogP contribution is -2.67. The Balaban J connectivity index is 0.000000771.